The van der Waals surface area contributed by atoms with Gasteiger partial charge in [-0.25, -0.2) is 4.79 Å². The maximum atomic E-state index is 9.09. The van der Waals surface area contributed by atoms with Crippen LogP contribution in [0.4, 0.5) is 0 Å². The maximum Gasteiger partial charge on any atom is 0.300 e. The Morgan fingerprint density at radius 1 is 1.50 bits per heavy atom. The average molecular weight is 176 g/mol. The van der Waals surface area contributed by atoms with Crippen molar-refractivity contribution in [2.24, 2.45) is 0 Å². The molecule has 0 heterocycles. The Kier molecular flexibility index (Phi) is 31.9. The summed E-state index contributed by atoms with van der Waals surface area (Å²) in [7, 11) is 3.25. The van der Waals surface area contributed by atoms with E-state index in [-0.39, 0.29) is 0 Å². The number of hydrogen-bond acceptors (Lipinski definition) is 4. The van der Waals surface area contributed by atoms with Crippen molar-refractivity contribution in [3.8, 4) is 0 Å². The minimum absolute atomic E-state index is 0.382. The lowest BCUT2D eigenvalue weighted by Crippen LogP contribution is -1.78. The molecule has 0 bridgehead atoms. The Hall–Kier alpha value is -1.45. The van der Waals surface area contributed by atoms with E-state index in [0.29, 0.717) is 6.29 Å². The van der Waals surface area contributed by atoms with Crippen LogP contribution in [0.3, 0.4) is 0 Å². The number of ether oxygens (including phenoxy) is 1. The van der Waals surface area contributed by atoms with Gasteiger partial charge in [0.15, 0.2) is 6.29 Å². The second-order valence-corrected chi connectivity index (χ2v) is 1.35. The van der Waals surface area contributed by atoms with Gasteiger partial charge in [0.2, 0.25) is 0 Å². The molecule has 70 valence electrons. The molecule has 0 rings (SSSR count). The lowest BCUT2D eigenvalue weighted by atomic mass is 10.7. The van der Waals surface area contributed by atoms with Crippen LogP contribution in [0.25, 0.3) is 0 Å². The molecule has 0 aliphatic rings. The summed E-state index contributed by atoms with van der Waals surface area (Å²) in [6.07, 6.45) is 1.15. The van der Waals surface area contributed by atoms with Gasteiger partial charge in [-0.15, -0.1) is 0 Å². The van der Waals surface area contributed by atoms with Crippen LogP contribution in [0.5, 0.6) is 0 Å². The van der Waals surface area contributed by atoms with Gasteiger partial charge in [-0.05, 0) is 0 Å². The number of aliphatic carboxylic acids is 1. The van der Waals surface area contributed by atoms with Gasteiger partial charge >= 0.3 is 0 Å². The molecule has 0 aliphatic heterocycles. The van der Waals surface area contributed by atoms with Crippen molar-refractivity contribution in [3.05, 3.63) is 6.08 Å². The molecule has 0 saturated heterocycles. The summed E-state index contributed by atoms with van der Waals surface area (Å²) in [5, 5.41) is 7.42. The van der Waals surface area contributed by atoms with Crippen molar-refractivity contribution in [1.82, 2.24) is 0 Å². The van der Waals surface area contributed by atoms with E-state index in [1.807, 2.05) is 0 Å². The average Bonchev–Trinajstić information content (AvgIpc) is 1.89. The summed E-state index contributed by atoms with van der Waals surface area (Å²) in [4.78, 5) is 27.1. The van der Waals surface area contributed by atoms with E-state index in [0.717, 1.165) is 13.0 Å². The number of methoxy groups -OCH3 is 1. The predicted molar refractivity (Wildman–Crippen MR) is 42.6 cm³/mol. The fourth-order valence-corrected chi connectivity index (χ4v) is 0.0278. The first-order chi connectivity index (χ1) is 5.56. The summed E-state index contributed by atoms with van der Waals surface area (Å²) in [5.41, 5.74) is 0. The largest absolute Gasteiger partial charge is 0.481 e. The molecule has 5 nitrogen and oxygen atoms in total. The van der Waals surface area contributed by atoms with E-state index in [4.69, 9.17) is 19.5 Å². The number of carbonyl (C=O) groups is 2. The maximum absolute atomic E-state index is 9.09. The monoisotopic (exact) mass is 176 g/mol. The first kappa shape index (κ1) is 16.9. The Morgan fingerprint density at radius 3 is 1.75 bits per heavy atom. The summed E-state index contributed by atoms with van der Waals surface area (Å²) in [6.45, 7) is 1.08. The van der Waals surface area contributed by atoms with Gasteiger partial charge < -0.3 is 9.84 Å². The van der Waals surface area contributed by atoms with Gasteiger partial charge in [-0.1, -0.05) is 0 Å². The smallest absolute Gasteiger partial charge is 0.300 e. The number of aldehydes is 1. The Bertz CT molecular complexity index is 142. The molecule has 0 saturated carbocycles. The number of carboxylic acids is 1. The summed E-state index contributed by atoms with van der Waals surface area (Å²) >= 11 is 0. The minimum Gasteiger partial charge on any atom is -0.481 e. The minimum atomic E-state index is -0.833. The molecule has 0 spiro atoms. The molecule has 5 heteroatoms. The van der Waals surface area contributed by atoms with Crippen LogP contribution in [0.2, 0.25) is 0 Å². The number of carboxylic acid groups (broad SMARTS) is 1. The second kappa shape index (κ2) is 22.7. The van der Waals surface area contributed by atoms with Crippen LogP contribution in [0.15, 0.2) is 6.08 Å². The van der Waals surface area contributed by atoms with Gasteiger partial charge in [0.25, 0.3) is 5.97 Å². The van der Waals surface area contributed by atoms with E-state index in [1.54, 1.807) is 14.2 Å². The van der Waals surface area contributed by atoms with E-state index in [1.165, 1.54) is 5.94 Å². The quantitative estimate of drug-likeness (QED) is 0.343. The highest BCUT2D eigenvalue weighted by Gasteiger charge is 1.65. The van der Waals surface area contributed by atoms with Crippen LogP contribution in [-0.2, 0) is 19.1 Å². The van der Waals surface area contributed by atoms with Crippen LogP contribution < -0.4 is 0 Å². The molecule has 0 radical (unpaired) electrons. The van der Waals surface area contributed by atoms with Crippen molar-refractivity contribution in [2.45, 2.75) is 6.92 Å². The van der Waals surface area contributed by atoms with Crippen molar-refractivity contribution in [3.63, 3.8) is 0 Å². The molecule has 0 atom stereocenters. The fourth-order valence-electron chi connectivity index (χ4n) is 0.0278. The van der Waals surface area contributed by atoms with Crippen LogP contribution >= 0.6 is 0 Å². The second-order valence-electron chi connectivity index (χ2n) is 1.35. The van der Waals surface area contributed by atoms with Gasteiger partial charge in [-0.3, -0.25) is 9.59 Å². The van der Waals surface area contributed by atoms with Crippen LogP contribution in [-0.4, -0.2) is 37.5 Å². The van der Waals surface area contributed by atoms with Crippen molar-refractivity contribution in [1.29, 1.82) is 0 Å². The Labute approximate surface area is 70.6 Å². The third kappa shape index (κ3) is 1610. The van der Waals surface area contributed by atoms with Gasteiger partial charge in [0, 0.05) is 21.1 Å². The first-order valence-electron chi connectivity index (χ1n) is 2.81. The van der Waals surface area contributed by atoms with E-state index >= 15 is 0 Å². The first-order valence-corrected chi connectivity index (χ1v) is 2.81. The molecule has 0 aliphatic carbocycles. The van der Waals surface area contributed by atoms with E-state index in [2.05, 4.69) is 4.74 Å². The van der Waals surface area contributed by atoms with Crippen molar-refractivity contribution >= 4 is 18.2 Å². The SMILES string of the molecule is CC(=O)O.COC.O=C=CC=O. The Morgan fingerprint density at radius 2 is 1.75 bits per heavy atom. The molecule has 0 aromatic rings. The highest BCUT2D eigenvalue weighted by Crippen LogP contribution is 1.42. The van der Waals surface area contributed by atoms with Gasteiger partial charge in [-0.2, -0.15) is 0 Å². The topological polar surface area (TPSA) is 80.7 Å². The molecule has 0 aromatic heterocycles. The van der Waals surface area contributed by atoms with Gasteiger partial charge in [0.1, 0.15) is 5.94 Å². The number of allylic oxidation sites excluding steroid dienone is 1. The van der Waals surface area contributed by atoms with Crippen molar-refractivity contribution < 1.29 is 24.2 Å². The van der Waals surface area contributed by atoms with E-state index in [9.17, 15) is 0 Å². The summed E-state index contributed by atoms with van der Waals surface area (Å²) in [6, 6.07) is 0. The molecular formula is C7H12O5. The molecule has 0 fully saturated rings. The van der Waals surface area contributed by atoms with Crippen LogP contribution in [0.1, 0.15) is 6.92 Å². The molecule has 0 aromatic carbocycles. The standard InChI is InChI=1S/C3H2O2.C2H4O2.C2H6O/c4-2-1-3-5;1-2(3)4;1-3-2/h1-2H;1H3,(H,3,4);1-2H3. The predicted octanol–water partition coefficient (Wildman–Crippen LogP) is -0.0734. The summed E-state index contributed by atoms with van der Waals surface area (Å²) in [5.74, 6) is 0.441. The number of rotatable bonds is 1. The number of hydrogen-bond donors (Lipinski definition) is 1. The zero-order chi connectivity index (χ0) is 10.4. The summed E-state index contributed by atoms with van der Waals surface area (Å²) < 4.78 is 4.25. The molecule has 0 amide bonds. The van der Waals surface area contributed by atoms with Crippen molar-refractivity contribution in [2.75, 3.05) is 14.2 Å². The highest BCUT2D eigenvalue weighted by atomic mass is 16.4. The zero-order valence-electron chi connectivity index (χ0n) is 7.23. The van der Waals surface area contributed by atoms with Gasteiger partial charge in [0.05, 0.1) is 6.08 Å². The Balaban J connectivity index is -0.000000105. The highest BCUT2D eigenvalue weighted by molar-refractivity contribution is 5.77. The third-order valence-electron chi connectivity index (χ3n) is 0.136. The molecular weight excluding hydrogens is 164 g/mol. The fraction of sp³-hybridized carbons (Fsp3) is 0.429. The lowest BCUT2D eigenvalue weighted by molar-refractivity contribution is -0.134. The van der Waals surface area contributed by atoms with E-state index < -0.39 is 5.97 Å². The molecule has 12 heavy (non-hydrogen) atoms. The molecule has 1 N–H and O–H groups in total. The number of carbonyl (C=O) groups excluding carboxylic acids is 2. The van der Waals surface area contributed by atoms with Crippen LogP contribution in [0, 0.1) is 0 Å². The normalized spacial score (nSPS) is 5.58. The zero-order valence-corrected chi connectivity index (χ0v) is 7.23. The third-order valence-corrected chi connectivity index (χ3v) is 0.136. The molecule has 0 unspecified atom stereocenters. The lowest BCUT2D eigenvalue weighted by Gasteiger charge is -1.61.